The molecular formula is C24H33N3O2S. The summed E-state index contributed by atoms with van der Waals surface area (Å²) in [6.45, 7) is 5.62. The van der Waals surface area contributed by atoms with Gasteiger partial charge in [0.1, 0.15) is 5.69 Å². The molecule has 2 aliphatic rings. The van der Waals surface area contributed by atoms with Crippen LogP contribution in [0.5, 0.6) is 5.06 Å². The van der Waals surface area contributed by atoms with Crippen LogP contribution in [0.15, 0.2) is 24.5 Å². The quantitative estimate of drug-likeness (QED) is 0.634. The highest BCUT2D eigenvalue weighted by Crippen LogP contribution is 2.49. The number of esters is 1. The number of aryl methyl sites for hydroxylation is 1. The number of thiophene rings is 1. The highest BCUT2D eigenvalue weighted by Gasteiger charge is 2.30. The maximum absolute atomic E-state index is 12.7. The van der Waals surface area contributed by atoms with Gasteiger partial charge in [0.05, 0.1) is 12.1 Å². The predicted molar refractivity (Wildman–Crippen MR) is 124 cm³/mol. The van der Waals surface area contributed by atoms with Crippen LogP contribution >= 0.6 is 11.3 Å². The number of nitrogens with one attached hydrogen (secondary N) is 1. The Hall–Kier alpha value is -2.08. The maximum Gasteiger partial charge on any atom is 0.316 e. The van der Waals surface area contributed by atoms with E-state index in [0.29, 0.717) is 12.0 Å². The van der Waals surface area contributed by atoms with Crippen LogP contribution in [0.3, 0.4) is 0 Å². The zero-order valence-electron chi connectivity index (χ0n) is 18.3. The summed E-state index contributed by atoms with van der Waals surface area (Å²) in [6, 6.07) is 4.16. The lowest BCUT2D eigenvalue weighted by Crippen LogP contribution is -2.32. The zero-order chi connectivity index (χ0) is 21.1. The van der Waals surface area contributed by atoms with Crippen molar-refractivity contribution in [1.82, 2.24) is 4.98 Å². The van der Waals surface area contributed by atoms with Crippen LogP contribution < -0.4 is 15.0 Å². The third-order valence-electron chi connectivity index (χ3n) is 6.60. The minimum absolute atomic E-state index is 0.214. The number of aromatic nitrogens is 1. The Morgan fingerprint density at radius 3 is 2.77 bits per heavy atom. The van der Waals surface area contributed by atoms with Crippen molar-refractivity contribution in [3.05, 3.63) is 35.0 Å². The van der Waals surface area contributed by atoms with Crippen molar-refractivity contribution in [2.75, 3.05) is 23.8 Å². The van der Waals surface area contributed by atoms with Gasteiger partial charge in [-0.05, 0) is 55.7 Å². The molecule has 0 bridgehead atoms. The van der Waals surface area contributed by atoms with E-state index in [1.807, 2.05) is 12.1 Å². The van der Waals surface area contributed by atoms with Gasteiger partial charge < -0.3 is 15.0 Å². The number of rotatable bonds is 6. The van der Waals surface area contributed by atoms with Gasteiger partial charge in [-0.1, -0.05) is 37.5 Å². The molecule has 0 radical (unpaired) electrons. The summed E-state index contributed by atoms with van der Waals surface area (Å²) < 4.78 is 5.95. The highest BCUT2D eigenvalue weighted by molar-refractivity contribution is 7.15. The van der Waals surface area contributed by atoms with Crippen LogP contribution in [0.4, 0.5) is 11.4 Å². The highest BCUT2D eigenvalue weighted by atomic mass is 32.1. The molecule has 0 aromatic carbocycles. The molecule has 4 rings (SSSR count). The first-order valence-corrected chi connectivity index (χ1v) is 12.1. The monoisotopic (exact) mass is 427 g/mol. The molecule has 3 unspecified atom stereocenters. The van der Waals surface area contributed by atoms with E-state index in [2.05, 4.69) is 36.1 Å². The van der Waals surface area contributed by atoms with E-state index in [9.17, 15) is 4.79 Å². The molecule has 3 heterocycles. The second-order valence-electron chi connectivity index (χ2n) is 9.03. The maximum atomic E-state index is 12.7. The average Bonchev–Trinajstić information content (AvgIpc) is 3.07. The lowest BCUT2D eigenvalue weighted by molar-refractivity contribution is -0.133. The van der Waals surface area contributed by atoms with Crippen molar-refractivity contribution in [2.24, 2.45) is 11.8 Å². The first-order chi connectivity index (χ1) is 14.5. The fraction of sp³-hybridized carbons (Fsp3) is 0.583. The fourth-order valence-electron chi connectivity index (χ4n) is 4.77. The molecule has 0 amide bonds. The molecule has 1 aliphatic heterocycles. The first-order valence-electron chi connectivity index (χ1n) is 11.2. The summed E-state index contributed by atoms with van der Waals surface area (Å²) in [5, 5.41) is 4.41. The van der Waals surface area contributed by atoms with E-state index in [1.54, 1.807) is 23.7 Å². The molecule has 30 heavy (non-hydrogen) atoms. The predicted octanol–water partition coefficient (Wildman–Crippen LogP) is 5.30. The number of nitrogens with zero attached hydrogens (tertiary/aromatic N) is 2. The van der Waals surface area contributed by atoms with Crippen LogP contribution in [-0.2, 0) is 17.6 Å². The lowest BCUT2D eigenvalue weighted by Gasteiger charge is -2.34. The third kappa shape index (κ3) is 4.80. The molecule has 1 N–H and O–H groups in total. The number of ether oxygens (including phenoxy) is 1. The summed E-state index contributed by atoms with van der Waals surface area (Å²) in [6.07, 6.45) is 11.1. The second-order valence-corrected chi connectivity index (χ2v) is 10.1. The number of pyridine rings is 1. The number of carbonyl (C=O) groups is 1. The average molecular weight is 428 g/mol. The molecular weight excluding hydrogens is 394 g/mol. The normalized spacial score (nSPS) is 23.4. The number of hydrogen-bond donors (Lipinski definition) is 1. The molecule has 1 fully saturated rings. The van der Waals surface area contributed by atoms with Crippen LogP contribution in [0.25, 0.3) is 0 Å². The van der Waals surface area contributed by atoms with E-state index < -0.39 is 0 Å². The molecule has 2 aromatic rings. The third-order valence-corrected chi connectivity index (χ3v) is 7.72. The molecule has 3 atom stereocenters. The molecule has 162 valence electrons. The molecule has 0 saturated heterocycles. The zero-order valence-corrected chi connectivity index (χ0v) is 19.1. The Labute approximate surface area is 183 Å². The largest absolute Gasteiger partial charge is 0.413 e. The standard InChI is InChI=1S/C24H33N3O2S/c1-16-6-4-5-7-19(16)15-27(3)23-22-20(9-8-17(2)26-22)30-24(23)29-21(28)14-18-10-12-25-13-11-18/h10-13,16-17,19,26H,4-9,14-15H2,1-3H3. The van der Waals surface area contributed by atoms with Crippen molar-refractivity contribution in [3.63, 3.8) is 0 Å². The molecule has 1 saturated carbocycles. The molecule has 6 heteroatoms. The number of fused-ring (bicyclic) bond motifs is 1. The van der Waals surface area contributed by atoms with Gasteiger partial charge in [-0.15, -0.1) is 0 Å². The minimum atomic E-state index is -0.214. The van der Waals surface area contributed by atoms with Gasteiger partial charge in [0.25, 0.3) is 0 Å². The Kier molecular flexibility index (Phi) is 6.61. The fourth-order valence-corrected chi connectivity index (χ4v) is 5.96. The number of carbonyl (C=O) groups excluding carboxylic acids is 1. The smallest absolute Gasteiger partial charge is 0.316 e. The molecule has 1 aliphatic carbocycles. The minimum Gasteiger partial charge on any atom is -0.413 e. The van der Waals surface area contributed by atoms with Crippen LogP contribution in [0.1, 0.15) is 56.4 Å². The van der Waals surface area contributed by atoms with Crippen molar-refractivity contribution < 1.29 is 9.53 Å². The Balaban J connectivity index is 1.56. The lowest BCUT2D eigenvalue weighted by atomic mass is 9.80. The second kappa shape index (κ2) is 9.38. The summed E-state index contributed by atoms with van der Waals surface area (Å²) >= 11 is 1.63. The van der Waals surface area contributed by atoms with E-state index >= 15 is 0 Å². The SMILES string of the molecule is CC1CCc2sc(OC(=O)Cc3ccncc3)c(N(C)CC3CCCCC3C)c2N1. The van der Waals surface area contributed by atoms with E-state index in [1.165, 1.54) is 36.2 Å². The van der Waals surface area contributed by atoms with E-state index in [0.717, 1.165) is 41.6 Å². The van der Waals surface area contributed by atoms with Gasteiger partial charge in [0, 0.05) is 36.9 Å². The molecule has 2 aromatic heterocycles. The van der Waals surface area contributed by atoms with Crippen molar-refractivity contribution in [2.45, 2.75) is 64.8 Å². The molecule has 0 spiro atoms. The van der Waals surface area contributed by atoms with Gasteiger partial charge in [0.15, 0.2) is 0 Å². The van der Waals surface area contributed by atoms with E-state index in [4.69, 9.17) is 4.74 Å². The van der Waals surface area contributed by atoms with Gasteiger partial charge in [-0.25, -0.2) is 0 Å². The Bertz CT molecular complexity index is 867. The Morgan fingerprint density at radius 1 is 1.23 bits per heavy atom. The van der Waals surface area contributed by atoms with Crippen LogP contribution in [0, 0.1) is 11.8 Å². The van der Waals surface area contributed by atoms with Gasteiger partial charge >= 0.3 is 5.97 Å². The van der Waals surface area contributed by atoms with Crippen molar-refractivity contribution in [1.29, 1.82) is 0 Å². The summed E-state index contributed by atoms with van der Waals surface area (Å²) in [4.78, 5) is 20.4. The van der Waals surface area contributed by atoms with Crippen molar-refractivity contribution >= 4 is 28.7 Å². The van der Waals surface area contributed by atoms with Crippen LogP contribution in [0.2, 0.25) is 0 Å². The van der Waals surface area contributed by atoms with Gasteiger partial charge in [-0.3, -0.25) is 9.78 Å². The summed E-state index contributed by atoms with van der Waals surface area (Å²) in [7, 11) is 2.16. The van der Waals surface area contributed by atoms with Gasteiger partial charge in [-0.2, -0.15) is 0 Å². The number of anilines is 2. The first kappa shape index (κ1) is 21.2. The topological polar surface area (TPSA) is 54.5 Å². The van der Waals surface area contributed by atoms with Crippen LogP contribution in [-0.4, -0.2) is 30.6 Å². The summed E-state index contributed by atoms with van der Waals surface area (Å²) in [5.41, 5.74) is 3.17. The van der Waals surface area contributed by atoms with Gasteiger partial charge in [0.2, 0.25) is 5.06 Å². The van der Waals surface area contributed by atoms with Crippen molar-refractivity contribution in [3.8, 4) is 5.06 Å². The van der Waals surface area contributed by atoms with E-state index in [-0.39, 0.29) is 12.4 Å². The summed E-state index contributed by atoms with van der Waals surface area (Å²) in [5.74, 6) is 1.23. The molecule has 5 nitrogen and oxygen atoms in total. The Morgan fingerprint density at radius 2 is 2.00 bits per heavy atom. The number of hydrogen-bond acceptors (Lipinski definition) is 6.